The molecule has 0 aliphatic rings. The van der Waals surface area contributed by atoms with Crippen molar-refractivity contribution in [3.63, 3.8) is 0 Å². The van der Waals surface area contributed by atoms with Gasteiger partial charge in [-0.25, -0.2) is 4.79 Å². The van der Waals surface area contributed by atoms with Crippen LogP contribution in [0.4, 0.5) is 4.79 Å². The molecular formula is C12H24O3. The molecule has 2 atom stereocenters. The van der Waals surface area contributed by atoms with Gasteiger partial charge in [0, 0.05) is 0 Å². The fourth-order valence-electron chi connectivity index (χ4n) is 1.25. The Labute approximate surface area is 93.1 Å². The predicted molar refractivity (Wildman–Crippen MR) is 60.9 cm³/mol. The molecule has 0 aromatic carbocycles. The van der Waals surface area contributed by atoms with Gasteiger partial charge in [0.25, 0.3) is 0 Å². The van der Waals surface area contributed by atoms with E-state index in [2.05, 4.69) is 13.8 Å². The second-order valence-electron chi connectivity index (χ2n) is 4.04. The van der Waals surface area contributed by atoms with Crippen molar-refractivity contribution in [3.05, 3.63) is 0 Å². The number of rotatable bonds is 7. The zero-order valence-corrected chi connectivity index (χ0v) is 10.4. The highest BCUT2D eigenvalue weighted by atomic mass is 16.7. The molecule has 2 unspecified atom stereocenters. The van der Waals surface area contributed by atoms with Crippen LogP contribution < -0.4 is 0 Å². The van der Waals surface area contributed by atoms with E-state index in [1.165, 1.54) is 12.8 Å². The summed E-state index contributed by atoms with van der Waals surface area (Å²) in [4.78, 5) is 11.1. The molecule has 90 valence electrons. The van der Waals surface area contributed by atoms with E-state index in [1.54, 1.807) is 0 Å². The molecule has 0 aromatic rings. The topological polar surface area (TPSA) is 35.5 Å². The molecule has 3 heteroatoms. The summed E-state index contributed by atoms with van der Waals surface area (Å²) in [6, 6.07) is 0. The first-order chi connectivity index (χ1) is 7.11. The first-order valence-electron chi connectivity index (χ1n) is 5.95. The molecule has 0 N–H and O–H groups in total. The lowest BCUT2D eigenvalue weighted by atomic mass is 9.99. The summed E-state index contributed by atoms with van der Waals surface area (Å²) in [6.45, 7) is 8.59. The van der Waals surface area contributed by atoms with Crippen LogP contribution in [0.3, 0.4) is 0 Å². The van der Waals surface area contributed by atoms with Crippen LogP contribution in [0.25, 0.3) is 0 Å². The van der Waals surface area contributed by atoms with Crippen LogP contribution in [0.5, 0.6) is 0 Å². The third-order valence-corrected chi connectivity index (χ3v) is 2.52. The summed E-state index contributed by atoms with van der Waals surface area (Å²) in [6.07, 6.45) is 3.69. The number of ether oxygens (including phenoxy) is 2. The van der Waals surface area contributed by atoms with Crippen molar-refractivity contribution in [2.24, 2.45) is 5.92 Å². The van der Waals surface area contributed by atoms with Crippen LogP contribution in [0.1, 0.15) is 53.4 Å². The molecule has 3 nitrogen and oxygen atoms in total. The average Bonchev–Trinajstić information content (AvgIpc) is 2.22. The minimum Gasteiger partial charge on any atom is -0.434 e. The number of hydrogen-bond acceptors (Lipinski definition) is 3. The summed E-state index contributed by atoms with van der Waals surface area (Å²) in [5.41, 5.74) is 0. The molecule has 0 radical (unpaired) electrons. The second-order valence-corrected chi connectivity index (χ2v) is 4.04. The maximum absolute atomic E-state index is 11.1. The van der Waals surface area contributed by atoms with Gasteiger partial charge in [-0.05, 0) is 25.7 Å². The number of unbranched alkanes of at least 4 members (excludes halogenated alkanes) is 1. The molecule has 0 heterocycles. The molecule has 0 aliphatic heterocycles. The van der Waals surface area contributed by atoms with E-state index in [4.69, 9.17) is 9.47 Å². The molecular weight excluding hydrogens is 192 g/mol. The maximum atomic E-state index is 11.1. The van der Waals surface area contributed by atoms with E-state index in [1.807, 2.05) is 13.8 Å². The van der Waals surface area contributed by atoms with Crippen molar-refractivity contribution < 1.29 is 14.3 Å². The largest absolute Gasteiger partial charge is 0.508 e. The van der Waals surface area contributed by atoms with Gasteiger partial charge in [0.05, 0.1) is 6.61 Å². The van der Waals surface area contributed by atoms with E-state index in [-0.39, 0.29) is 6.10 Å². The Balaban J connectivity index is 3.69. The van der Waals surface area contributed by atoms with E-state index in [9.17, 15) is 4.79 Å². The highest BCUT2D eigenvalue weighted by Gasteiger charge is 2.16. The summed E-state index contributed by atoms with van der Waals surface area (Å²) in [5, 5.41) is 0. The van der Waals surface area contributed by atoms with Gasteiger partial charge in [-0.1, -0.05) is 33.6 Å². The minimum absolute atomic E-state index is 0.0547. The van der Waals surface area contributed by atoms with Gasteiger partial charge in [0.1, 0.15) is 6.10 Å². The number of carbonyl (C=O) groups excluding carboxylic acids is 1. The van der Waals surface area contributed by atoms with Crippen molar-refractivity contribution in [1.29, 1.82) is 0 Å². The van der Waals surface area contributed by atoms with Gasteiger partial charge in [-0.2, -0.15) is 0 Å². The summed E-state index contributed by atoms with van der Waals surface area (Å²) in [5.74, 6) is 0.402. The lowest BCUT2D eigenvalue weighted by molar-refractivity contribution is 0.0106. The van der Waals surface area contributed by atoms with Gasteiger partial charge < -0.3 is 9.47 Å². The first-order valence-corrected chi connectivity index (χ1v) is 5.95. The Hall–Kier alpha value is -0.730. The van der Waals surface area contributed by atoms with Crippen LogP contribution in [-0.4, -0.2) is 18.9 Å². The normalized spacial score (nSPS) is 14.4. The molecule has 0 spiro atoms. The van der Waals surface area contributed by atoms with Crippen molar-refractivity contribution in [3.8, 4) is 0 Å². The van der Waals surface area contributed by atoms with Gasteiger partial charge >= 0.3 is 6.16 Å². The average molecular weight is 216 g/mol. The lowest BCUT2D eigenvalue weighted by Gasteiger charge is -2.19. The van der Waals surface area contributed by atoms with Crippen molar-refractivity contribution in [2.45, 2.75) is 59.5 Å². The van der Waals surface area contributed by atoms with Gasteiger partial charge in [0.2, 0.25) is 0 Å². The molecule has 0 bridgehead atoms. The van der Waals surface area contributed by atoms with Crippen LogP contribution >= 0.6 is 0 Å². The molecule has 0 saturated heterocycles. The Morgan fingerprint density at radius 3 is 2.40 bits per heavy atom. The monoisotopic (exact) mass is 216 g/mol. The first kappa shape index (κ1) is 14.3. The Morgan fingerprint density at radius 1 is 1.20 bits per heavy atom. The SMILES string of the molecule is CCCCC(C)C(C)OC(=O)OCCC. The molecule has 0 aliphatic carbocycles. The molecule has 15 heavy (non-hydrogen) atoms. The third-order valence-electron chi connectivity index (χ3n) is 2.52. The Morgan fingerprint density at radius 2 is 1.87 bits per heavy atom. The minimum atomic E-state index is -0.535. The lowest BCUT2D eigenvalue weighted by Crippen LogP contribution is -2.22. The standard InChI is InChI=1S/C12H24O3/c1-5-7-8-10(3)11(4)15-12(13)14-9-6-2/h10-11H,5-9H2,1-4H3. The van der Waals surface area contributed by atoms with Crippen LogP contribution in [0.2, 0.25) is 0 Å². The maximum Gasteiger partial charge on any atom is 0.508 e. The zero-order chi connectivity index (χ0) is 11.7. The third kappa shape index (κ3) is 7.23. The predicted octanol–water partition coefficient (Wildman–Crippen LogP) is 3.76. The Bertz CT molecular complexity index is 168. The Kier molecular flexibility index (Phi) is 8.15. The van der Waals surface area contributed by atoms with Gasteiger partial charge in [0.15, 0.2) is 0 Å². The second kappa shape index (κ2) is 8.57. The summed E-state index contributed by atoms with van der Waals surface area (Å²) >= 11 is 0. The molecule has 0 rings (SSSR count). The van der Waals surface area contributed by atoms with E-state index >= 15 is 0 Å². The number of hydrogen-bond donors (Lipinski definition) is 0. The molecule has 0 aromatic heterocycles. The van der Waals surface area contributed by atoms with Gasteiger partial charge in [-0.15, -0.1) is 0 Å². The highest BCUT2D eigenvalue weighted by Crippen LogP contribution is 2.15. The van der Waals surface area contributed by atoms with Gasteiger partial charge in [-0.3, -0.25) is 0 Å². The molecule has 0 fully saturated rings. The van der Waals surface area contributed by atoms with E-state index in [0.29, 0.717) is 12.5 Å². The van der Waals surface area contributed by atoms with E-state index < -0.39 is 6.16 Å². The fraction of sp³-hybridized carbons (Fsp3) is 0.917. The fourth-order valence-corrected chi connectivity index (χ4v) is 1.25. The van der Waals surface area contributed by atoms with Crippen LogP contribution in [0, 0.1) is 5.92 Å². The van der Waals surface area contributed by atoms with Crippen molar-refractivity contribution >= 4 is 6.16 Å². The smallest absolute Gasteiger partial charge is 0.434 e. The quantitative estimate of drug-likeness (QED) is 0.608. The zero-order valence-electron chi connectivity index (χ0n) is 10.4. The van der Waals surface area contributed by atoms with Crippen molar-refractivity contribution in [2.75, 3.05) is 6.61 Å². The summed E-state index contributed by atoms with van der Waals surface area (Å²) in [7, 11) is 0. The summed E-state index contributed by atoms with van der Waals surface area (Å²) < 4.78 is 10.0. The molecule has 0 amide bonds. The van der Waals surface area contributed by atoms with E-state index in [0.717, 1.165) is 12.8 Å². The molecule has 0 saturated carbocycles. The number of carbonyl (C=O) groups is 1. The van der Waals surface area contributed by atoms with Crippen LogP contribution in [0.15, 0.2) is 0 Å². The van der Waals surface area contributed by atoms with Crippen molar-refractivity contribution in [1.82, 2.24) is 0 Å². The highest BCUT2D eigenvalue weighted by molar-refractivity contribution is 5.60. The van der Waals surface area contributed by atoms with Crippen LogP contribution in [-0.2, 0) is 9.47 Å².